The zero-order valence-corrected chi connectivity index (χ0v) is 25.6. The lowest BCUT2D eigenvalue weighted by molar-refractivity contribution is -0.114. The lowest BCUT2D eigenvalue weighted by atomic mass is 10.1. The number of halogens is 1. The van der Waals surface area contributed by atoms with Gasteiger partial charge in [-0.25, -0.2) is 9.37 Å². The number of anilines is 2. The van der Waals surface area contributed by atoms with Gasteiger partial charge >= 0.3 is 0 Å². The summed E-state index contributed by atoms with van der Waals surface area (Å²) in [5.41, 5.74) is 2.46. The van der Waals surface area contributed by atoms with E-state index in [4.69, 9.17) is 4.74 Å². The third kappa shape index (κ3) is 8.65. The van der Waals surface area contributed by atoms with Crippen molar-refractivity contribution in [1.82, 2.24) is 10.3 Å². The van der Waals surface area contributed by atoms with Crippen LogP contribution in [-0.2, 0) is 9.59 Å². The summed E-state index contributed by atoms with van der Waals surface area (Å²) in [5.74, 6) is -0.995. The van der Waals surface area contributed by atoms with Gasteiger partial charge in [0.05, 0.1) is 18.6 Å². The quantitative estimate of drug-likeness (QED) is 0.105. The van der Waals surface area contributed by atoms with Gasteiger partial charge in [0.2, 0.25) is 5.91 Å². The number of amides is 3. The number of benzene rings is 4. The van der Waals surface area contributed by atoms with Crippen LogP contribution < -0.4 is 20.7 Å². The number of thioether (sulfide) groups is 1. The average Bonchev–Trinajstić information content (AvgIpc) is 3.54. The Morgan fingerprint density at radius 2 is 1.67 bits per heavy atom. The molecule has 0 bridgehead atoms. The molecule has 3 N–H and O–H groups in total. The smallest absolute Gasteiger partial charge is 0.272 e. The molecule has 45 heavy (non-hydrogen) atoms. The topological polar surface area (TPSA) is 109 Å². The van der Waals surface area contributed by atoms with Gasteiger partial charge in [-0.15, -0.1) is 23.1 Å². The highest BCUT2D eigenvalue weighted by molar-refractivity contribution is 8.00. The number of thiazole rings is 1. The third-order valence-electron chi connectivity index (χ3n) is 6.33. The predicted molar refractivity (Wildman–Crippen MR) is 177 cm³/mol. The van der Waals surface area contributed by atoms with Gasteiger partial charge in [-0.05, 0) is 60.7 Å². The van der Waals surface area contributed by atoms with Crippen LogP contribution in [0.25, 0.3) is 17.3 Å². The minimum absolute atomic E-state index is 0.124. The molecule has 0 unspecified atom stereocenters. The number of carbonyl (C=O) groups excluding carboxylic acids is 3. The predicted octanol–water partition coefficient (Wildman–Crippen LogP) is 7.10. The maximum Gasteiger partial charge on any atom is 0.272 e. The van der Waals surface area contributed by atoms with Crippen LogP contribution >= 0.6 is 23.1 Å². The fraction of sp³-hybridized carbons (Fsp3) is 0.0588. The van der Waals surface area contributed by atoms with E-state index in [1.807, 2.05) is 29.6 Å². The van der Waals surface area contributed by atoms with Gasteiger partial charge in [-0.1, -0.05) is 48.5 Å². The van der Waals surface area contributed by atoms with E-state index in [9.17, 15) is 18.8 Å². The van der Waals surface area contributed by atoms with Crippen LogP contribution in [0.15, 0.2) is 119 Å². The van der Waals surface area contributed by atoms with Crippen molar-refractivity contribution in [2.45, 2.75) is 4.90 Å². The highest BCUT2D eigenvalue weighted by atomic mass is 32.2. The molecule has 0 atom stereocenters. The molecule has 0 saturated heterocycles. The maximum absolute atomic E-state index is 14.4. The van der Waals surface area contributed by atoms with E-state index >= 15 is 0 Å². The first-order chi connectivity index (χ1) is 21.9. The molecule has 5 aromatic rings. The molecule has 1 aromatic heterocycles. The minimum Gasteiger partial charge on any atom is -0.497 e. The van der Waals surface area contributed by atoms with E-state index in [1.165, 1.54) is 47.4 Å². The van der Waals surface area contributed by atoms with Crippen molar-refractivity contribution >= 4 is 57.7 Å². The fourth-order valence-electron chi connectivity index (χ4n) is 4.07. The van der Waals surface area contributed by atoms with Crippen LogP contribution in [0, 0.1) is 5.82 Å². The number of hydrogen-bond donors (Lipinski definition) is 3. The fourth-order valence-corrected chi connectivity index (χ4v) is 5.51. The van der Waals surface area contributed by atoms with Crippen LogP contribution in [0.2, 0.25) is 0 Å². The first-order valence-corrected chi connectivity index (χ1v) is 15.5. The summed E-state index contributed by atoms with van der Waals surface area (Å²) in [5, 5.41) is 10.5. The van der Waals surface area contributed by atoms with Gasteiger partial charge in [0.1, 0.15) is 17.3 Å². The molecule has 3 amide bonds. The maximum atomic E-state index is 14.4. The van der Waals surface area contributed by atoms with E-state index in [-0.39, 0.29) is 22.9 Å². The van der Waals surface area contributed by atoms with Gasteiger partial charge in [-0.2, -0.15) is 0 Å². The molecule has 8 nitrogen and oxygen atoms in total. The molecule has 11 heteroatoms. The molecule has 0 aliphatic heterocycles. The Hall–Kier alpha value is -5.26. The molecule has 0 aliphatic carbocycles. The number of nitrogens with one attached hydrogen (secondary N) is 3. The van der Waals surface area contributed by atoms with Gasteiger partial charge in [0, 0.05) is 32.7 Å². The van der Waals surface area contributed by atoms with E-state index in [1.54, 1.807) is 67.8 Å². The van der Waals surface area contributed by atoms with Crippen LogP contribution in [0.3, 0.4) is 0 Å². The molecule has 0 fully saturated rings. The summed E-state index contributed by atoms with van der Waals surface area (Å²) in [6, 6.07) is 28.8. The van der Waals surface area contributed by atoms with Crippen LogP contribution in [0.5, 0.6) is 5.75 Å². The Balaban J connectivity index is 1.18. The van der Waals surface area contributed by atoms with Crippen molar-refractivity contribution in [3.05, 3.63) is 131 Å². The molecule has 1 heterocycles. The van der Waals surface area contributed by atoms with Crippen molar-refractivity contribution < 1.29 is 23.5 Å². The molecule has 0 radical (unpaired) electrons. The van der Waals surface area contributed by atoms with E-state index in [2.05, 4.69) is 20.9 Å². The van der Waals surface area contributed by atoms with Crippen LogP contribution in [-0.4, -0.2) is 35.6 Å². The summed E-state index contributed by atoms with van der Waals surface area (Å²) in [6.07, 6.45) is 1.29. The second-order valence-electron chi connectivity index (χ2n) is 9.48. The molecule has 0 saturated carbocycles. The normalized spacial score (nSPS) is 11.0. The van der Waals surface area contributed by atoms with Crippen molar-refractivity contribution in [1.29, 1.82) is 0 Å². The molecule has 5 rings (SSSR count). The largest absolute Gasteiger partial charge is 0.497 e. The summed E-state index contributed by atoms with van der Waals surface area (Å²) in [4.78, 5) is 43.9. The number of rotatable bonds is 11. The molecular formula is C34H27FN4O4S2. The Kier molecular flexibility index (Phi) is 10.4. The summed E-state index contributed by atoms with van der Waals surface area (Å²) < 4.78 is 19.6. The molecular weight excluding hydrogens is 612 g/mol. The first kappa shape index (κ1) is 31.2. The standard InChI is InChI=1S/C34H27FN4O4S2/c1-43-26-12-7-11-24(18-26)30-20-45-34(38-30)39-31(40)21-44-27-16-14-25(15-17-27)36-33(42)29(19-23-10-5-6-13-28(23)35)37-32(41)22-8-3-2-4-9-22/h2-20H,21H2,1H3,(H,36,42)(H,37,41)(H,38,39,40)/b29-19-. The zero-order chi connectivity index (χ0) is 31.6. The number of ether oxygens (including phenoxy) is 1. The van der Waals surface area contributed by atoms with Crippen molar-refractivity contribution in [2.24, 2.45) is 0 Å². The number of aromatic nitrogens is 1. The Bertz CT molecular complexity index is 1840. The highest BCUT2D eigenvalue weighted by Gasteiger charge is 2.16. The highest BCUT2D eigenvalue weighted by Crippen LogP contribution is 2.28. The second kappa shape index (κ2) is 15.0. The summed E-state index contributed by atoms with van der Waals surface area (Å²) >= 11 is 2.66. The Morgan fingerprint density at radius 3 is 2.42 bits per heavy atom. The van der Waals surface area contributed by atoms with Gasteiger partial charge in [0.25, 0.3) is 11.8 Å². The lowest BCUT2D eigenvalue weighted by Crippen LogP contribution is -2.30. The van der Waals surface area contributed by atoms with E-state index < -0.39 is 17.6 Å². The second-order valence-corrected chi connectivity index (χ2v) is 11.4. The van der Waals surface area contributed by atoms with E-state index in [0.29, 0.717) is 16.4 Å². The molecule has 0 spiro atoms. The molecule has 4 aromatic carbocycles. The lowest BCUT2D eigenvalue weighted by Gasteiger charge is -2.12. The monoisotopic (exact) mass is 638 g/mol. The summed E-state index contributed by atoms with van der Waals surface area (Å²) in [7, 11) is 1.60. The van der Waals surface area contributed by atoms with Gasteiger partial charge in [0.15, 0.2) is 5.13 Å². The SMILES string of the molecule is COc1cccc(-c2csc(NC(=O)CSc3ccc(NC(=O)/C(=C/c4ccccc4F)NC(=O)c4ccccc4)cc3)n2)c1. The number of nitrogens with zero attached hydrogens (tertiary/aromatic N) is 1. The third-order valence-corrected chi connectivity index (χ3v) is 8.10. The van der Waals surface area contributed by atoms with Crippen molar-refractivity contribution in [2.75, 3.05) is 23.5 Å². The van der Waals surface area contributed by atoms with Crippen molar-refractivity contribution in [3.8, 4) is 17.0 Å². The minimum atomic E-state index is -0.626. The summed E-state index contributed by atoms with van der Waals surface area (Å²) in [6.45, 7) is 0. The van der Waals surface area contributed by atoms with Crippen LogP contribution in [0.4, 0.5) is 15.2 Å². The first-order valence-electron chi connectivity index (χ1n) is 13.6. The zero-order valence-electron chi connectivity index (χ0n) is 24.0. The van der Waals surface area contributed by atoms with Gasteiger partial charge < -0.3 is 20.7 Å². The van der Waals surface area contributed by atoms with E-state index in [0.717, 1.165) is 21.9 Å². The Labute approximate surface area is 267 Å². The average molecular weight is 639 g/mol. The molecule has 0 aliphatic rings. The van der Waals surface area contributed by atoms with Gasteiger partial charge in [-0.3, -0.25) is 14.4 Å². The number of carbonyl (C=O) groups is 3. The van der Waals surface area contributed by atoms with Crippen molar-refractivity contribution in [3.63, 3.8) is 0 Å². The molecule has 226 valence electrons. The number of hydrogen-bond acceptors (Lipinski definition) is 7. The number of methoxy groups -OCH3 is 1. The van der Waals surface area contributed by atoms with Crippen LogP contribution in [0.1, 0.15) is 15.9 Å². The Morgan fingerprint density at radius 1 is 0.911 bits per heavy atom.